The summed E-state index contributed by atoms with van der Waals surface area (Å²) >= 11 is 0. The van der Waals surface area contributed by atoms with Crippen LogP contribution in [0, 0.1) is 0 Å². The van der Waals surface area contributed by atoms with Crippen LogP contribution in [0.4, 0.5) is 0 Å². The van der Waals surface area contributed by atoms with Crippen LogP contribution in [0.5, 0.6) is 0 Å². The van der Waals surface area contributed by atoms with Crippen molar-refractivity contribution in [2.45, 2.75) is 0 Å². The van der Waals surface area contributed by atoms with Gasteiger partial charge >= 0.3 is 0 Å². The van der Waals surface area contributed by atoms with E-state index in [9.17, 15) is 4.57 Å². The van der Waals surface area contributed by atoms with E-state index in [-0.39, 0.29) is 32.7 Å². The quantitative estimate of drug-likeness (QED) is 0.584. The Hall–Kier alpha value is 1.29. The van der Waals surface area contributed by atoms with Crippen molar-refractivity contribution in [2.24, 2.45) is 5.73 Å². The van der Waals surface area contributed by atoms with Crippen LogP contribution < -0.4 is 5.73 Å². The van der Waals surface area contributed by atoms with Crippen LogP contribution in [0.25, 0.3) is 0 Å². The molecule has 2 nitrogen and oxygen atoms in total. The molecule has 6 heavy (non-hydrogen) atoms. The summed E-state index contributed by atoms with van der Waals surface area (Å²) in [6, 6.07) is 0. The molecular weight excluding hydrogens is 174 g/mol. The molecule has 0 aliphatic rings. The van der Waals surface area contributed by atoms with Crippen molar-refractivity contribution in [2.75, 3.05) is 13.0 Å². The summed E-state index contributed by atoms with van der Waals surface area (Å²) in [4.78, 5) is 0. The molecule has 0 aliphatic carbocycles. The van der Waals surface area contributed by atoms with E-state index in [0.29, 0.717) is 6.29 Å². The zero-order valence-corrected chi connectivity index (χ0v) is 7.61. The van der Waals surface area contributed by atoms with Gasteiger partial charge in [-0.2, -0.15) is 0 Å². The van der Waals surface area contributed by atoms with Gasteiger partial charge in [-0.05, 0) is 6.66 Å². The first-order valence-electron chi connectivity index (χ1n) is 1.47. The number of hydrogen-bond acceptors (Lipinski definition) is 2. The summed E-state index contributed by atoms with van der Waals surface area (Å²) in [5.41, 5.74) is 4.90. The van der Waals surface area contributed by atoms with Crippen LogP contribution in [0.3, 0.4) is 0 Å². The van der Waals surface area contributed by atoms with Crippen LogP contribution in [0.15, 0.2) is 0 Å². The van der Waals surface area contributed by atoms with E-state index in [1.54, 1.807) is 6.66 Å². The van der Waals surface area contributed by atoms with Gasteiger partial charge in [0.15, 0.2) is 0 Å². The predicted octanol–water partition coefficient (Wildman–Crippen LogP) is 0.0896. The molecule has 0 spiro atoms. The standard InChI is InChI=1S/C2H8NOP.Y/c1-5(4)2-3;/h5H,2-3H2,1H3;. The van der Waals surface area contributed by atoms with E-state index in [1.165, 1.54) is 0 Å². The summed E-state index contributed by atoms with van der Waals surface area (Å²) < 4.78 is 9.87. The number of nitrogens with two attached hydrogens (primary N) is 1. The van der Waals surface area contributed by atoms with Crippen LogP contribution in [-0.4, -0.2) is 13.0 Å². The summed E-state index contributed by atoms with van der Waals surface area (Å²) in [5.74, 6) is 0. The SMILES string of the molecule is C[PH](=O)CN.[Y]. The first-order chi connectivity index (χ1) is 2.27. The second-order valence-electron chi connectivity index (χ2n) is 0.906. The fourth-order valence-corrected chi connectivity index (χ4v) is 0. The zero-order chi connectivity index (χ0) is 4.28. The Morgan fingerprint density at radius 1 is 1.83 bits per heavy atom. The molecule has 0 fully saturated rings. The molecule has 1 unspecified atom stereocenters. The van der Waals surface area contributed by atoms with E-state index in [0.717, 1.165) is 0 Å². The number of rotatable bonds is 1. The Balaban J connectivity index is 0. The molecule has 1 radical (unpaired) electrons. The molecule has 0 heterocycles. The van der Waals surface area contributed by atoms with E-state index in [4.69, 9.17) is 5.73 Å². The Morgan fingerprint density at radius 3 is 2.00 bits per heavy atom. The molecule has 1 atom stereocenters. The summed E-state index contributed by atoms with van der Waals surface area (Å²) in [6.45, 7) is 1.64. The molecule has 0 aromatic heterocycles. The van der Waals surface area contributed by atoms with Crippen molar-refractivity contribution in [1.82, 2.24) is 0 Å². The minimum Gasteiger partial charge on any atom is -0.326 e. The van der Waals surface area contributed by atoms with Crippen molar-refractivity contribution >= 4 is 7.80 Å². The molecule has 0 rings (SSSR count). The van der Waals surface area contributed by atoms with Crippen molar-refractivity contribution in [3.8, 4) is 0 Å². The van der Waals surface area contributed by atoms with Crippen molar-refractivity contribution in [3.63, 3.8) is 0 Å². The van der Waals surface area contributed by atoms with Crippen LogP contribution in [0.2, 0.25) is 0 Å². The fraction of sp³-hybridized carbons (Fsp3) is 1.00. The van der Waals surface area contributed by atoms with Gasteiger partial charge in [0.1, 0.15) is 0 Å². The molecule has 0 bridgehead atoms. The molecule has 0 amide bonds. The zero-order valence-electron chi connectivity index (χ0n) is 3.77. The molecule has 0 saturated carbocycles. The Bertz CT molecular complexity index is 48.8. The second kappa shape index (κ2) is 6.29. The third kappa shape index (κ3) is 9.00. The Labute approximate surface area is 63.5 Å². The first kappa shape index (κ1) is 10.3. The summed E-state index contributed by atoms with van der Waals surface area (Å²) in [7, 11) is -1.35. The van der Waals surface area contributed by atoms with E-state index < -0.39 is 7.80 Å². The van der Waals surface area contributed by atoms with Gasteiger partial charge in [-0.3, -0.25) is 0 Å². The van der Waals surface area contributed by atoms with Gasteiger partial charge < -0.3 is 10.3 Å². The normalized spacial score (nSPS) is 12.3. The van der Waals surface area contributed by atoms with Gasteiger partial charge in [0.05, 0.1) is 7.80 Å². The maximum absolute atomic E-state index is 9.87. The van der Waals surface area contributed by atoms with Crippen molar-refractivity contribution in [1.29, 1.82) is 0 Å². The molecule has 0 aromatic rings. The van der Waals surface area contributed by atoms with Crippen LogP contribution >= 0.6 is 7.80 Å². The third-order valence-electron chi connectivity index (χ3n) is 0.287. The predicted molar refractivity (Wildman–Crippen MR) is 24.0 cm³/mol. The average Bonchev–Trinajstić information content (AvgIpc) is 1.38. The smallest absolute Gasteiger partial charge is 0.0861 e. The molecule has 0 aliphatic heterocycles. The fourth-order valence-electron chi connectivity index (χ4n) is 0. The molecule has 4 heteroatoms. The minimum absolute atomic E-state index is 0. The molecule has 0 saturated heterocycles. The summed E-state index contributed by atoms with van der Waals surface area (Å²) in [6.07, 6.45) is 0.352. The average molecular weight is 182 g/mol. The van der Waals surface area contributed by atoms with Crippen LogP contribution in [-0.2, 0) is 37.3 Å². The van der Waals surface area contributed by atoms with E-state index in [2.05, 4.69) is 0 Å². The molecular formula is C2H8NOPY. The summed E-state index contributed by atoms with van der Waals surface area (Å²) in [5, 5.41) is 0. The first-order valence-corrected chi connectivity index (χ1v) is 3.58. The molecule has 35 valence electrons. The molecule has 0 aromatic carbocycles. The van der Waals surface area contributed by atoms with Crippen LogP contribution in [0.1, 0.15) is 0 Å². The Kier molecular flexibility index (Phi) is 10.8. The minimum atomic E-state index is -1.35. The Morgan fingerprint density at radius 2 is 2.00 bits per heavy atom. The van der Waals surface area contributed by atoms with Gasteiger partial charge in [-0.15, -0.1) is 0 Å². The van der Waals surface area contributed by atoms with E-state index >= 15 is 0 Å². The van der Waals surface area contributed by atoms with Crippen molar-refractivity contribution < 1.29 is 37.3 Å². The van der Waals surface area contributed by atoms with Gasteiger partial charge in [0.2, 0.25) is 0 Å². The maximum Gasteiger partial charge on any atom is 0.0861 e. The monoisotopic (exact) mass is 182 g/mol. The largest absolute Gasteiger partial charge is 0.326 e. The second-order valence-corrected chi connectivity index (χ2v) is 2.72. The van der Waals surface area contributed by atoms with Gasteiger partial charge in [0.25, 0.3) is 0 Å². The van der Waals surface area contributed by atoms with Crippen molar-refractivity contribution in [3.05, 3.63) is 0 Å². The topological polar surface area (TPSA) is 43.1 Å². The third-order valence-corrected chi connectivity index (χ3v) is 0.862. The van der Waals surface area contributed by atoms with Gasteiger partial charge in [-0.25, -0.2) is 0 Å². The maximum atomic E-state index is 9.87. The van der Waals surface area contributed by atoms with E-state index in [1.807, 2.05) is 0 Å². The van der Waals surface area contributed by atoms with Gasteiger partial charge in [0, 0.05) is 39.0 Å². The molecule has 2 N–H and O–H groups in total. The van der Waals surface area contributed by atoms with Gasteiger partial charge in [-0.1, -0.05) is 0 Å². The number of hydrogen-bond donors (Lipinski definition) is 1.